The second kappa shape index (κ2) is 8.04. The van der Waals surface area contributed by atoms with Crippen LogP contribution in [0.3, 0.4) is 0 Å². The molecule has 0 amide bonds. The molecular weight excluding hydrogens is 312 g/mol. The summed E-state index contributed by atoms with van der Waals surface area (Å²) in [4.78, 5) is 2.59. The molecule has 2 nitrogen and oxygen atoms in total. The Morgan fingerprint density at radius 1 is 1.30 bits per heavy atom. The monoisotopic (exact) mass is 338 g/mol. The van der Waals surface area contributed by atoms with Gasteiger partial charge in [-0.2, -0.15) is 0 Å². The van der Waals surface area contributed by atoms with Gasteiger partial charge in [-0.3, -0.25) is 0 Å². The molecule has 3 heteroatoms. The summed E-state index contributed by atoms with van der Waals surface area (Å²) in [5.74, 6) is 0. The number of halogens is 1. The molecular formula is C17H27BrN2. The highest BCUT2D eigenvalue weighted by molar-refractivity contribution is 9.10. The van der Waals surface area contributed by atoms with Crippen LogP contribution in [0.2, 0.25) is 0 Å². The van der Waals surface area contributed by atoms with Crippen molar-refractivity contribution < 1.29 is 0 Å². The van der Waals surface area contributed by atoms with Crippen LogP contribution in [0.4, 0.5) is 5.69 Å². The largest absolute Gasteiger partial charge is 0.368 e. The third kappa shape index (κ3) is 3.98. The minimum absolute atomic E-state index is 0.712. The molecule has 0 aromatic heterocycles. The van der Waals surface area contributed by atoms with Gasteiger partial charge in [0.1, 0.15) is 0 Å². The standard InChI is InChI=1S/C17H27BrN2/c1-3-10-19-13-14-8-9-17(16(18)12-14)20-11-6-5-7-15(20)4-2/h8-9,12,15,19H,3-7,10-11,13H2,1-2H3. The molecule has 0 spiro atoms. The number of piperidine rings is 1. The average Bonchev–Trinajstić information content (AvgIpc) is 2.48. The van der Waals surface area contributed by atoms with Gasteiger partial charge in [0, 0.05) is 23.6 Å². The fraction of sp³-hybridized carbons (Fsp3) is 0.647. The molecule has 1 N–H and O–H groups in total. The van der Waals surface area contributed by atoms with E-state index in [1.165, 1.54) is 54.4 Å². The molecule has 1 aliphatic rings. The highest BCUT2D eigenvalue weighted by Crippen LogP contribution is 2.33. The van der Waals surface area contributed by atoms with E-state index < -0.39 is 0 Å². The molecule has 1 aromatic carbocycles. The number of benzene rings is 1. The lowest BCUT2D eigenvalue weighted by molar-refractivity contribution is 0.449. The molecule has 1 fully saturated rings. The molecule has 1 atom stereocenters. The van der Waals surface area contributed by atoms with E-state index in [9.17, 15) is 0 Å². The van der Waals surface area contributed by atoms with Crippen LogP contribution in [0.5, 0.6) is 0 Å². The van der Waals surface area contributed by atoms with Crippen LogP contribution in [0.1, 0.15) is 51.5 Å². The summed E-state index contributed by atoms with van der Waals surface area (Å²) in [6.45, 7) is 7.76. The van der Waals surface area contributed by atoms with Crippen molar-refractivity contribution in [2.75, 3.05) is 18.0 Å². The Kier molecular flexibility index (Phi) is 6.37. The van der Waals surface area contributed by atoms with Crippen molar-refractivity contribution >= 4 is 21.6 Å². The zero-order chi connectivity index (χ0) is 14.4. The van der Waals surface area contributed by atoms with Crippen LogP contribution in [-0.2, 0) is 6.54 Å². The number of hydrogen-bond acceptors (Lipinski definition) is 2. The number of nitrogens with zero attached hydrogens (tertiary/aromatic N) is 1. The molecule has 1 unspecified atom stereocenters. The van der Waals surface area contributed by atoms with Gasteiger partial charge in [-0.25, -0.2) is 0 Å². The molecule has 2 rings (SSSR count). The van der Waals surface area contributed by atoms with Crippen molar-refractivity contribution in [1.82, 2.24) is 5.32 Å². The second-order valence-corrected chi connectivity index (χ2v) is 6.57. The summed E-state index contributed by atoms with van der Waals surface area (Å²) in [6.07, 6.45) is 6.47. The van der Waals surface area contributed by atoms with Gasteiger partial charge in [-0.1, -0.05) is 19.9 Å². The van der Waals surface area contributed by atoms with E-state index >= 15 is 0 Å². The quantitative estimate of drug-likeness (QED) is 0.755. The number of nitrogens with one attached hydrogen (secondary N) is 1. The topological polar surface area (TPSA) is 15.3 Å². The smallest absolute Gasteiger partial charge is 0.0513 e. The summed E-state index contributed by atoms with van der Waals surface area (Å²) in [5.41, 5.74) is 2.73. The Labute approximate surface area is 132 Å². The van der Waals surface area contributed by atoms with Gasteiger partial charge in [-0.15, -0.1) is 0 Å². The van der Waals surface area contributed by atoms with Gasteiger partial charge in [0.2, 0.25) is 0 Å². The molecule has 0 radical (unpaired) electrons. The third-order valence-electron chi connectivity index (χ3n) is 4.18. The van der Waals surface area contributed by atoms with E-state index in [-0.39, 0.29) is 0 Å². The Morgan fingerprint density at radius 2 is 2.15 bits per heavy atom. The molecule has 20 heavy (non-hydrogen) atoms. The van der Waals surface area contributed by atoms with Crippen LogP contribution < -0.4 is 10.2 Å². The maximum atomic E-state index is 3.78. The highest BCUT2D eigenvalue weighted by atomic mass is 79.9. The Balaban J connectivity index is 2.08. The van der Waals surface area contributed by atoms with Gasteiger partial charge in [-0.05, 0) is 72.3 Å². The Hall–Kier alpha value is -0.540. The summed E-state index contributed by atoms with van der Waals surface area (Å²) < 4.78 is 1.24. The highest BCUT2D eigenvalue weighted by Gasteiger charge is 2.22. The molecule has 1 aromatic rings. The predicted octanol–water partition coefficient (Wildman–Crippen LogP) is 4.72. The van der Waals surface area contributed by atoms with Gasteiger partial charge >= 0.3 is 0 Å². The van der Waals surface area contributed by atoms with Crippen molar-refractivity contribution in [3.63, 3.8) is 0 Å². The molecule has 0 saturated carbocycles. The number of hydrogen-bond donors (Lipinski definition) is 1. The second-order valence-electron chi connectivity index (χ2n) is 5.71. The molecule has 1 aliphatic heterocycles. The van der Waals surface area contributed by atoms with Crippen LogP contribution in [0, 0.1) is 0 Å². The number of anilines is 1. The summed E-state index contributed by atoms with van der Waals surface area (Å²) in [7, 11) is 0. The maximum Gasteiger partial charge on any atom is 0.0513 e. The van der Waals surface area contributed by atoms with Crippen molar-refractivity contribution in [1.29, 1.82) is 0 Å². The first-order valence-corrected chi connectivity index (χ1v) is 8.81. The minimum Gasteiger partial charge on any atom is -0.368 e. The van der Waals surface area contributed by atoms with Crippen LogP contribution in [0.25, 0.3) is 0 Å². The van der Waals surface area contributed by atoms with Crippen LogP contribution in [0.15, 0.2) is 22.7 Å². The lowest BCUT2D eigenvalue weighted by atomic mass is 9.99. The van der Waals surface area contributed by atoms with Crippen LogP contribution in [-0.4, -0.2) is 19.1 Å². The molecule has 0 aliphatic carbocycles. The normalized spacial score (nSPS) is 19.4. The molecule has 1 heterocycles. The van der Waals surface area contributed by atoms with Gasteiger partial charge < -0.3 is 10.2 Å². The summed E-state index contributed by atoms with van der Waals surface area (Å²) >= 11 is 3.78. The Bertz CT molecular complexity index is 419. The maximum absolute atomic E-state index is 3.78. The van der Waals surface area contributed by atoms with E-state index in [1.807, 2.05) is 0 Å². The van der Waals surface area contributed by atoms with Gasteiger partial charge in [0.15, 0.2) is 0 Å². The van der Waals surface area contributed by atoms with Crippen molar-refractivity contribution in [2.24, 2.45) is 0 Å². The van der Waals surface area contributed by atoms with E-state index in [0.717, 1.165) is 13.1 Å². The fourth-order valence-corrected chi connectivity index (χ4v) is 3.70. The van der Waals surface area contributed by atoms with Crippen molar-refractivity contribution in [3.05, 3.63) is 28.2 Å². The molecule has 1 saturated heterocycles. The van der Waals surface area contributed by atoms with E-state index in [0.29, 0.717) is 6.04 Å². The van der Waals surface area contributed by atoms with Gasteiger partial charge in [0.05, 0.1) is 5.69 Å². The lowest BCUT2D eigenvalue weighted by Crippen LogP contribution is -2.39. The lowest BCUT2D eigenvalue weighted by Gasteiger charge is -2.37. The zero-order valence-corrected chi connectivity index (χ0v) is 14.4. The van der Waals surface area contributed by atoms with Crippen molar-refractivity contribution in [3.8, 4) is 0 Å². The zero-order valence-electron chi connectivity index (χ0n) is 12.8. The van der Waals surface area contributed by atoms with Gasteiger partial charge in [0.25, 0.3) is 0 Å². The van der Waals surface area contributed by atoms with E-state index in [1.54, 1.807) is 0 Å². The first kappa shape index (κ1) is 15.8. The average molecular weight is 339 g/mol. The molecule has 0 bridgehead atoms. The molecule has 112 valence electrons. The SMILES string of the molecule is CCCNCc1ccc(N2CCCCC2CC)c(Br)c1. The van der Waals surface area contributed by atoms with E-state index in [4.69, 9.17) is 0 Å². The predicted molar refractivity (Wildman–Crippen MR) is 91.4 cm³/mol. The summed E-state index contributed by atoms with van der Waals surface area (Å²) in [5, 5.41) is 3.46. The first-order chi connectivity index (χ1) is 9.76. The van der Waals surface area contributed by atoms with Crippen LogP contribution >= 0.6 is 15.9 Å². The Morgan fingerprint density at radius 3 is 2.85 bits per heavy atom. The van der Waals surface area contributed by atoms with E-state index in [2.05, 4.69) is 58.2 Å². The number of rotatable bonds is 6. The van der Waals surface area contributed by atoms with Crippen molar-refractivity contribution in [2.45, 2.75) is 58.5 Å². The summed E-state index contributed by atoms with van der Waals surface area (Å²) in [6, 6.07) is 7.55. The third-order valence-corrected chi connectivity index (χ3v) is 4.81. The first-order valence-electron chi connectivity index (χ1n) is 8.02. The fourth-order valence-electron chi connectivity index (χ4n) is 3.04. The minimum atomic E-state index is 0.712.